The van der Waals surface area contributed by atoms with Gasteiger partial charge in [0.25, 0.3) is 5.91 Å². The Morgan fingerprint density at radius 3 is 2.68 bits per heavy atom. The molecule has 1 aliphatic rings. The number of benzene rings is 1. The number of thioether (sulfide) groups is 1. The molecule has 0 unspecified atom stereocenters. The van der Waals surface area contributed by atoms with Crippen molar-refractivity contribution in [3.8, 4) is 5.75 Å². The molecule has 0 aromatic heterocycles. The van der Waals surface area contributed by atoms with E-state index in [1.165, 1.54) is 0 Å². The van der Waals surface area contributed by atoms with Crippen LogP contribution in [0.1, 0.15) is 6.42 Å². The van der Waals surface area contributed by atoms with E-state index in [9.17, 15) is 9.59 Å². The average molecular weight is 279 g/mol. The van der Waals surface area contributed by atoms with Gasteiger partial charge in [-0.15, -0.1) is 0 Å². The molecule has 0 aliphatic carbocycles. The summed E-state index contributed by atoms with van der Waals surface area (Å²) in [5.41, 5.74) is 6.07. The van der Waals surface area contributed by atoms with E-state index in [2.05, 4.69) is 10.3 Å². The van der Waals surface area contributed by atoms with Gasteiger partial charge in [-0.1, -0.05) is 11.8 Å². The molecule has 1 aliphatic heterocycles. The van der Waals surface area contributed by atoms with Gasteiger partial charge in [0.05, 0.1) is 7.11 Å². The normalized spacial score (nSPS) is 18.1. The van der Waals surface area contributed by atoms with Crippen molar-refractivity contribution in [1.82, 2.24) is 0 Å². The van der Waals surface area contributed by atoms with Gasteiger partial charge in [0, 0.05) is 12.1 Å². The van der Waals surface area contributed by atoms with Gasteiger partial charge in [0.2, 0.25) is 5.91 Å². The first-order valence-corrected chi connectivity index (χ1v) is 6.45. The SMILES string of the molecule is COc1ccc(NC(=O)C[C@H]2SC(N)=NC2=O)cc1. The van der Waals surface area contributed by atoms with Crippen LogP contribution in [0.25, 0.3) is 0 Å². The van der Waals surface area contributed by atoms with E-state index in [-0.39, 0.29) is 23.4 Å². The highest BCUT2D eigenvalue weighted by molar-refractivity contribution is 8.15. The van der Waals surface area contributed by atoms with Crippen LogP contribution in [-0.2, 0) is 9.59 Å². The third-order valence-electron chi connectivity index (χ3n) is 2.50. The van der Waals surface area contributed by atoms with Crippen LogP contribution in [0.5, 0.6) is 5.75 Å². The molecule has 7 heteroatoms. The molecule has 1 atom stereocenters. The molecule has 0 radical (unpaired) electrons. The van der Waals surface area contributed by atoms with Crippen molar-refractivity contribution < 1.29 is 14.3 Å². The van der Waals surface area contributed by atoms with Gasteiger partial charge in [-0.05, 0) is 24.3 Å². The largest absolute Gasteiger partial charge is 0.497 e. The third kappa shape index (κ3) is 3.47. The fourth-order valence-corrected chi connectivity index (χ4v) is 2.41. The predicted octanol–water partition coefficient (Wildman–Crippen LogP) is 0.980. The summed E-state index contributed by atoms with van der Waals surface area (Å²) in [7, 11) is 1.57. The average Bonchev–Trinajstić information content (AvgIpc) is 2.68. The van der Waals surface area contributed by atoms with Gasteiger partial charge < -0.3 is 15.8 Å². The molecule has 100 valence electrons. The van der Waals surface area contributed by atoms with Crippen molar-refractivity contribution in [3.63, 3.8) is 0 Å². The molecule has 1 heterocycles. The molecule has 0 saturated heterocycles. The number of carbonyl (C=O) groups excluding carboxylic acids is 2. The Labute approximate surface area is 114 Å². The van der Waals surface area contributed by atoms with E-state index in [0.717, 1.165) is 11.8 Å². The molecular formula is C12H13N3O3S. The fourth-order valence-electron chi connectivity index (χ4n) is 1.59. The highest BCUT2D eigenvalue weighted by Crippen LogP contribution is 2.23. The van der Waals surface area contributed by atoms with Crippen LogP contribution in [0.3, 0.4) is 0 Å². The van der Waals surface area contributed by atoms with Crippen molar-refractivity contribution in [2.75, 3.05) is 12.4 Å². The topological polar surface area (TPSA) is 93.8 Å². The number of nitrogens with one attached hydrogen (secondary N) is 1. The van der Waals surface area contributed by atoms with Crippen LogP contribution in [0.15, 0.2) is 29.3 Å². The Morgan fingerprint density at radius 2 is 2.16 bits per heavy atom. The van der Waals surface area contributed by atoms with Gasteiger partial charge in [-0.3, -0.25) is 9.59 Å². The summed E-state index contributed by atoms with van der Waals surface area (Å²) >= 11 is 1.12. The second-order valence-corrected chi connectivity index (χ2v) is 5.10. The van der Waals surface area contributed by atoms with Crippen molar-refractivity contribution >= 4 is 34.4 Å². The van der Waals surface area contributed by atoms with E-state index in [0.29, 0.717) is 11.4 Å². The molecule has 0 saturated carbocycles. The molecule has 6 nitrogen and oxygen atoms in total. The van der Waals surface area contributed by atoms with Crippen LogP contribution in [0.4, 0.5) is 5.69 Å². The summed E-state index contributed by atoms with van der Waals surface area (Å²) < 4.78 is 5.02. The van der Waals surface area contributed by atoms with Crippen molar-refractivity contribution in [2.24, 2.45) is 10.7 Å². The summed E-state index contributed by atoms with van der Waals surface area (Å²) in [5.74, 6) is 0.106. The van der Waals surface area contributed by atoms with Gasteiger partial charge in [0.15, 0.2) is 5.17 Å². The minimum atomic E-state index is -0.516. The Kier molecular flexibility index (Phi) is 4.06. The molecule has 1 aromatic rings. The molecule has 2 amide bonds. The summed E-state index contributed by atoms with van der Waals surface area (Å²) in [4.78, 5) is 26.7. The maximum Gasteiger partial charge on any atom is 0.262 e. The lowest BCUT2D eigenvalue weighted by molar-refractivity contribution is -0.121. The van der Waals surface area contributed by atoms with Gasteiger partial charge in [0.1, 0.15) is 11.0 Å². The molecule has 2 rings (SSSR count). The monoisotopic (exact) mass is 279 g/mol. The number of carbonyl (C=O) groups is 2. The Morgan fingerprint density at radius 1 is 1.47 bits per heavy atom. The smallest absolute Gasteiger partial charge is 0.262 e. The summed E-state index contributed by atoms with van der Waals surface area (Å²) in [6.45, 7) is 0. The lowest BCUT2D eigenvalue weighted by Crippen LogP contribution is -2.21. The highest BCUT2D eigenvalue weighted by Gasteiger charge is 2.29. The zero-order chi connectivity index (χ0) is 13.8. The summed E-state index contributed by atoms with van der Waals surface area (Å²) in [5, 5.41) is 2.40. The molecule has 3 N–H and O–H groups in total. The number of methoxy groups -OCH3 is 1. The maximum atomic E-state index is 11.8. The highest BCUT2D eigenvalue weighted by atomic mass is 32.2. The van der Waals surface area contributed by atoms with Crippen LogP contribution in [0, 0.1) is 0 Å². The van der Waals surface area contributed by atoms with Crippen LogP contribution < -0.4 is 15.8 Å². The van der Waals surface area contributed by atoms with Gasteiger partial charge in [-0.2, -0.15) is 4.99 Å². The Balaban J connectivity index is 1.89. The minimum Gasteiger partial charge on any atom is -0.497 e. The fraction of sp³-hybridized carbons (Fsp3) is 0.250. The van der Waals surface area contributed by atoms with Crippen molar-refractivity contribution in [1.29, 1.82) is 0 Å². The lowest BCUT2D eigenvalue weighted by atomic mass is 10.2. The first kappa shape index (κ1) is 13.4. The number of nitrogens with zero attached hydrogens (tertiary/aromatic N) is 1. The zero-order valence-corrected chi connectivity index (χ0v) is 11.1. The van der Waals surface area contributed by atoms with Gasteiger partial charge >= 0.3 is 0 Å². The first-order valence-electron chi connectivity index (χ1n) is 5.57. The van der Waals surface area contributed by atoms with E-state index in [4.69, 9.17) is 10.5 Å². The number of ether oxygens (including phenoxy) is 1. The number of amidine groups is 1. The van der Waals surface area contributed by atoms with E-state index < -0.39 is 5.25 Å². The Bertz CT molecular complexity index is 528. The molecule has 0 spiro atoms. The number of aliphatic imine (C=N–C) groups is 1. The van der Waals surface area contributed by atoms with E-state index in [1.807, 2.05) is 0 Å². The van der Waals surface area contributed by atoms with Gasteiger partial charge in [-0.25, -0.2) is 0 Å². The first-order chi connectivity index (χ1) is 9.08. The summed E-state index contributed by atoms with van der Waals surface area (Å²) in [6.07, 6.45) is 0.0553. The summed E-state index contributed by atoms with van der Waals surface area (Å²) in [6, 6.07) is 6.94. The number of nitrogens with two attached hydrogens (primary N) is 1. The number of rotatable bonds is 4. The van der Waals surface area contributed by atoms with Crippen LogP contribution in [-0.4, -0.2) is 29.3 Å². The van der Waals surface area contributed by atoms with Crippen LogP contribution >= 0.6 is 11.8 Å². The molecule has 0 bridgehead atoms. The Hall–Kier alpha value is -2.02. The minimum absolute atomic E-state index is 0.0553. The van der Waals surface area contributed by atoms with Crippen molar-refractivity contribution in [2.45, 2.75) is 11.7 Å². The number of amides is 2. The van der Waals surface area contributed by atoms with Crippen molar-refractivity contribution in [3.05, 3.63) is 24.3 Å². The standard InChI is InChI=1S/C12H13N3O3S/c1-18-8-4-2-7(3-5-8)14-10(16)6-9-11(17)15-12(13)19-9/h2-5,9H,6H2,1H3,(H,14,16)(H2,13,15,17)/t9-/m1/s1. The number of hydrogen-bond acceptors (Lipinski definition) is 5. The van der Waals surface area contributed by atoms with E-state index in [1.54, 1.807) is 31.4 Å². The molecular weight excluding hydrogens is 266 g/mol. The van der Waals surface area contributed by atoms with E-state index >= 15 is 0 Å². The zero-order valence-electron chi connectivity index (χ0n) is 10.3. The molecule has 19 heavy (non-hydrogen) atoms. The molecule has 0 fully saturated rings. The number of hydrogen-bond donors (Lipinski definition) is 2. The third-order valence-corrected chi connectivity index (χ3v) is 3.49. The number of anilines is 1. The van der Waals surface area contributed by atoms with Crippen LogP contribution in [0.2, 0.25) is 0 Å². The second kappa shape index (κ2) is 5.75. The quantitative estimate of drug-likeness (QED) is 0.857. The maximum absolute atomic E-state index is 11.8. The predicted molar refractivity (Wildman–Crippen MR) is 74.2 cm³/mol. The molecule has 1 aromatic carbocycles. The lowest BCUT2D eigenvalue weighted by Gasteiger charge is -2.08. The second-order valence-electron chi connectivity index (χ2n) is 3.88.